The lowest BCUT2D eigenvalue weighted by molar-refractivity contribution is 0.0711. The zero-order chi connectivity index (χ0) is 20.6. The molecule has 1 aromatic carbocycles. The van der Waals surface area contributed by atoms with E-state index in [1.165, 1.54) is 5.56 Å². The minimum atomic E-state index is -0.979. The van der Waals surface area contributed by atoms with Crippen molar-refractivity contribution in [3.05, 3.63) is 52.2 Å². The highest BCUT2D eigenvalue weighted by Crippen LogP contribution is 2.25. The zero-order valence-corrected chi connectivity index (χ0v) is 18.2. The van der Waals surface area contributed by atoms with Crippen molar-refractivity contribution in [1.82, 2.24) is 15.5 Å². The van der Waals surface area contributed by atoms with Crippen molar-refractivity contribution in [2.24, 2.45) is 4.99 Å². The largest absolute Gasteiger partial charge is 0.497 e. The maximum atomic E-state index is 10.7. The lowest BCUT2D eigenvalue weighted by Gasteiger charge is -2.26. The molecule has 0 aliphatic carbocycles. The number of methoxy groups -OCH3 is 1. The minimum Gasteiger partial charge on any atom is -0.497 e. The molecule has 2 atom stereocenters. The van der Waals surface area contributed by atoms with Gasteiger partial charge in [-0.1, -0.05) is 18.2 Å². The van der Waals surface area contributed by atoms with E-state index in [9.17, 15) is 5.11 Å². The van der Waals surface area contributed by atoms with Crippen LogP contribution in [0.25, 0.3) is 0 Å². The number of ether oxygens (including phenoxy) is 1. The van der Waals surface area contributed by atoms with Gasteiger partial charge in [0.1, 0.15) is 11.4 Å². The molecule has 0 spiro atoms. The molecule has 3 N–H and O–H groups in total. The maximum absolute atomic E-state index is 10.7. The van der Waals surface area contributed by atoms with E-state index in [1.54, 1.807) is 25.4 Å². The average molecular weight is 405 g/mol. The van der Waals surface area contributed by atoms with Crippen molar-refractivity contribution in [3.8, 4) is 5.75 Å². The molecule has 2 unspecified atom stereocenters. The maximum Gasteiger partial charge on any atom is 0.191 e. The molecular weight excluding hydrogens is 372 g/mol. The van der Waals surface area contributed by atoms with Crippen LogP contribution in [-0.4, -0.2) is 56.8 Å². The first-order valence-corrected chi connectivity index (χ1v) is 10.3. The van der Waals surface area contributed by atoms with E-state index in [4.69, 9.17) is 4.74 Å². The number of aliphatic hydroxyl groups is 1. The Morgan fingerprint density at radius 1 is 1.25 bits per heavy atom. The van der Waals surface area contributed by atoms with Crippen LogP contribution in [0.4, 0.5) is 0 Å². The van der Waals surface area contributed by atoms with E-state index in [1.807, 2.05) is 36.6 Å². The molecule has 7 heteroatoms. The van der Waals surface area contributed by atoms with Crippen molar-refractivity contribution in [1.29, 1.82) is 0 Å². The molecule has 2 rings (SSSR count). The van der Waals surface area contributed by atoms with E-state index in [0.29, 0.717) is 12.5 Å². The van der Waals surface area contributed by atoms with Crippen molar-refractivity contribution in [3.63, 3.8) is 0 Å². The molecule has 2 aromatic rings. The molecule has 154 valence electrons. The molecule has 0 aliphatic rings. The smallest absolute Gasteiger partial charge is 0.191 e. The van der Waals surface area contributed by atoms with Crippen LogP contribution in [0.2, 0.25) is 0 Å². The number of guanidine groups is 1. The lowest BCUT2D eigenvalue weighted by Crippen LogP contribution is -2.42. The number of nitrogens with zero attached hydrogens (tertiary/aromatic N) is 2. The van der Waals surface area contributed by atoms with Crippen LogP contribution < -0.4 is 15.4 Å². The summed E-state index contributed by atoms with van der Waals surface area (Å²) in [5.74, 6) is 1.54. The summed E-state index contributed by atoms with van der Waals surface area (Å²) in [5.41, 5.74) is 0.215. The van der Waals surface area contributed by atoms with Gasteiger partial charge >= 0.3 is 0 Å². The van der Waals surface area contributed by atoms with Crippen LogP contribution in [0.1, 0.15) is 30.3 Å². The number of benzene rings is 1. The van der Waals surface area contributed by atoms with Gasteiger partial charge in [0.2, 0.25) is 0 Å². The number of aliphatic imine (C=N–C) groups is 1. The highest BCUT2D eigenvalue weighted by Gasteiger charge is 2.24. The topological polar surface area (TPSA) is 69.1 Å². The van der Waals surface area contributed by atoms with Crippen molar-refractivity contribution in [2.45, 2.75) is 25.5 Å². The minimum absolute atomic E-state index is 0.174. The summed E-state index contributed by atoms with van der Waals surface area (Å²) >= 11 is 1.54. The molecule has 0 bridgehead atoms. The van der Waals surface area contributed by atoms with Crippen molar-refractivity contribution < 1.29 is 9.84 Å². The van der Waals surface area contributed by atoms with Gasteiger partial charge < -0.3 is 25.4 Å². The number of hydrogen-bond acceptors (Lipinski definition) is 5. The van der Waals surface area contributed by atoms with E-state index < -0.39 is 5.60 Å². The van der Waals surface area contributed by atoms with Gasteiger partial charge in [-0.3, -0.25) is 0 Å². The Morgan fingerprint density at radius 2 is 1.96 bits per heavy atom. The summed E-state index contributed by atoms with van der Waals surface area (Å²) in [5, 5.41) is 19.3. The standard InChI is InChI=1S/C21H32N4O2S/c1-6-22-20(24-15-21(2,26)19-8-7-13-28-19)23-14-18(25(3)4)16-9-11-17(27-5)12-10-16/h7-13,18,26H,6,14-15H2,1-5H3,(H2,22,23,24). The molecule has 0 radical (unpaired) electrons. The second-order valence-electron chi connectivity index (χ2n) is 7.08. The molecule has 0 saturated carbocycles. The molecule has 0 amide bonds. The van der Waals surface area contributed by atoms with E-state index >= 15 is 0 Å². The summed E-state index contributed by atoms with van der Waals surface area (Å²) in [6, 6.07) is 12.2. The second kappa shape index (κ2) is 10.5. The SMILES string of the molecule is CCNC(=NCC(C)(O)c1cccs1)NCC(c1ccc(OC)cc1)N(C)C. The number of hydrogen-bond donors (Lipinski definition) is 3. The zero-order valence-electron chi connectivity index (χ0n) is 17.4. The Kier molecular flexibility index (Phi) is 8.29. The fourth-order valence-electron chi connectivity index (χ4n) is 2.86. The quantitative estimate of drug-likeness (QED) is 0.443. The van der Waals surface area contributed by atoms with Crippen LogP contribution in [0.5, 0.6) is 5.75 Å². The Hall–Kier alpha value is -2.09. The number of likely N-dealkylation sites (N-methyl/N-ethyl adjacent to an activating group) is 1. The predicted octanol–water partition coefficient (Wildman–Crippen LogP) is 2.82. The lowest BCUT2D eigenvalue weighted by atomic mass is 10.1. The molecule has 0 saturated heterocycles. The molecule has 1 aromatic heterocycles. The predicted molar refractivity (Wildman–Crippen MR) is 117 cm³/mol. The Labute approximate surface area is 172 Å². The number of rotatable bonds is 9. The Morgan fingerprint density at radius 3 is 2.50 bits per heavy atom. The summed E-state index contributed by atoms with van der Waals surface area (Å²) in [4.78, 5) is 7.69. The summed E-state index contributed by atoms with van der Waals surface area (Å²) in [6.45, 7) is 5.56. The van der Waals surface area contributed by atoms with Crippen LogP contribution in [0, 0.1) is 0 Å². The van der Waals surface area contributed by atoms with Gasteiger partial charge in [0.15, 0.2) is 5.96 Å². The third-order valence-corrected chi connectivity index (χ3v) is 5.65. The van der Waals surface area contributed by atoms with Crippen molar-refractivity contribution in [2.75, 3.05) is 40.8 Å². The fourth-order valence-corrected chi connectivity index (χ4v) is 3.63. The third kappa shape index (κ3) is 6.22. The fraction of sp³-hybridized carbons (Fsp3) is 0.476. The van der Waals surface area contributed by atoms with Gasteiger partial charge in [-0.25, -0.2) is 4.99 Å². The van der Waals surface area contributed by atoms with Crippen LogP contribution in [0.3, 0.4) is 0 Å². The molecule has 1 heterocycles. The van der Waals surface area contributed by atoms with Gasteiger partial charge in [0, 0.05) is 18.0 Å². The van der Waals surface area contributed by atoms with E-state index in [-0.39, 0.29) is 12.6 Å². The van der Waals surface area contributed by atoms with Gasteiger partial charge in [-0.05, 0) is 57.1 Å². The summed E-state index contributed by atoms with van der Waals surface area (Å²) in [7, 11) is 5.79. The monoisotopic (exact) mass is 404 g/mol. The normalized spacial score (nSPS) is 15.2. The molecule has 0 fully saturated rings. The van der Waals surface area contributed by atoms with Gasteiger partial charge in [0.05, 0.1) is 19.7 Å². The first kappa shape index (κ1) is 22.2. The van der Waals surface area contributed by atoms with E-state index in [2.05, 4.69) is 46.8 Å². The van der Waals surface area contributed by atoms with Gasteiger partial charge in [-0.15, -0.1) is 11.3 Å². The third-order valence-electron chi connectivity index (χ3n) is 4.53. The average Bonchev–Trinajstić information content (AvgIpc) is 3.22. The van der Waals surface area contributed by atoms with Crippen LogP contribution >= 0.6 is 11.3 Å². The number of nitrogens with one attached hydrogen (secondary N) is 2. The summed E-state index contributed by atoms with van der Waals surface area (Å²) < 4.78 is 5.25. The highest BCUT2D eigenvalue weighted by molar-refractivity contribution is 7.10. The van der Waals surface area contributed by atoms with Crippen LogP contribution in [0.15, 0.2) is 46.8 Å². The van der Waals surface area contributed by atoms with Crippen molar-refractivity contribution >= 4 is 17.3 Å². The Bertz CT molecular complexity index is 727. The molecule has 6 nitrogen and oxygen atoms in total. The van der Waals surface area contributed by atoms with Crippen LogP contribution in [-0.2, 0) is 5.60 Å². The number of thiophene rings is 1. The molecule has 0 aliphatic heterocycles. The molecular formula is C21H32N4O2S. The van der Waals surface area contributed by atoms with E-state index in [0.717, 1.165) is 17.2 Å². The second-order valence-corrected chi connectivity index (χ2v) is 8.03. The first-order chi connectivity index (χ1) is 13.4. The Balaban J connectivity index is 2.06. The van der Waals surface area contributed by atoms with Gasteiger partial charge in [0.25, 0.3) is 0 Å². The highest BCUT2D eigenvalue weighted by atomic mass is 32.1. The first-order valence-electron chi connectivity index (χ1n) is 9.46. The van der Waals surface area contributed by atoms with Gasteiger partial charge in [-0.2, -0.15) is 0 Å². The molecule has 28 heavy (non-hydrogen) atoms. The summed E-state index contributed by atoms with van der Waals surface area (Å²) in [6.07, 6.45) is 0.